The first kappa shape index (κ1) is 18.0. The zero-order valence-electron chi connectivity index (χ0n) is 14.5. The van der Waals surface area contributed by atoms with E-state index in [4.69, 9.17) is 37.9 Å². The van der Waals surface area contributed by atoms with Gasteiger partial charge in [0.05, 0.1) is 46.2 Å². The van der Waals surface area contributed by atoms with Crippen LogP contribution in [0.1, 0.15) is 6.42 Å². The summed E-state index contributed by atoms with van der Waals surface area (Å²) in [6.45, 7) is 6.54. The highest BCUT2D eigenvalue weighted by molar-refractivity contribution is 4.68. The molecule has 0 aliphatic carbocycles. The van der Waals surface area contributed by atoms with Crippen LogP contribution in [0.5, 0.6) is 0 Å². The van der Waals surface area contributed by atoms with Crippen LogP contribution in [0.25, 0.3) is 0 Å². The Balaban J connectivity index is 1.29. The van der Waals surface area contributed by atoms with Gasteiger partial charge in [0, 0.05) is 6.42 Å². The highest BCUT2D eigenvalue weighted by Crippen LogP contribution is 2.19. The van der Waals surface area contributed by atoms with Crippen molar-refractivity contribution < 1.29 is 42.4 Å². The van der Waals surface area contributed by atoms with E-state index in [1.54, 1.807) is 0 Å². The SMILES string of the molecule is C1CC(OC[N+](COCC2CO2)(COCC2CO2)COCC2CO2)O1. The van der Waals surface area contributed by atoms with Gasteiger partial charge in [-0.15, -0.1) is 0 Å². The molecule has 4 unspecified atom stereocenters. The van der Waals surface area contributed by atoms with Crippen molar-refractivity contribution in [2.75, 3.05) is 73.2 Å². The average molecular weight is 362 g/mol. The topological polar surface area (TPSA) is 83.7 Å². The molecule has 144 valence electrons. The number of ether oxygens (including phenoxy) is 8. The van der Waals surface area contributed by atoms with Crippen LogP contribution in [-0.2, 0) is 37.9 Å². The standard InChI is InChI=1S/C16H28NO8/c1-2-21-16(1)25-12-17(9-18-3-13-6-22-13,10-19-4-14-7-23-14)11-20-5-15-8-24-15/h13-16H,1-12H2/q+1. The normalized spacial score (nSPS) is 35.0. The molecule has 0 saturated carbocycles. The second-order valence-corrected chi connectivity index (χ2v) is 7.09. The van der Waals surface area contributed by atoms with Crippen molar-refractivity contribution >= 4 is 0 Å². The summed E-state index contributed by atoms with van der Waals surface area (Å²) in [5.41, 5.74) is 0. The quantitative estimate of drug-likeness (QED) is 0.222. The summed E-state index contributed by atoms with van der Waals surface area (Å²) in [5, 5.41) is 0. The largest absolute Gasteiger partial charge is 0.371 e. The minimum absolute atomic E-state index is 0.136. The summed E-state index contributed by atoms with van der Waals surface area (Å²) in [6, 6.07) is 0. The number of nitrogens with zero attached hydrogens (tertiary/aromatic N) is 1. The van der Waals surface area contributed by atoms with Crippen molar-refractivity contribution in [2.24, 2.45) is 0 Å². The molecule has 0 radical (unpaired) electrons. The summed E-state index contributed by atoms with van der Waals surface area (Å²) in [7, 11) is 0. The molecule has 0 N–H and O–H groups in total. The smallest absolute Gasteiger partial charge is 0.191 e. The van der Waals surface area contributed by atoms with E-state index in [9.17, 15) is 0 Å². The predicted octanol–water partition coefficient (Wildman–Crippen LogP) is -0.358. The van der Waals surface area contributed by atoms with Gasteiger partial charge in [-0.3, -0.25) is 0 Å². The highest BCUT2D eigenvalue weighted by Gasteiger charge is 2.35. The lowest BCUT2D eigenvalue weighted by molar-refractivity contribution is -0.995. The number of epoxide rings is 3. The van der Waals surface area contributed by atoms with Gasteiger partial charge in [0.25, 0.3) is 0 Å². The van der Waals surface area contributed by atoms with E-state index >= 15 is 0 Å². The van der Waals surface area contributed by atoms with Crippen LogP contribution in [0.15, 0.2) is 0 Å². The molecule has 4 fully saturated rings. The lowest BCUT2D eigenvalue weighted by Gasteiger charge is -2.38. The fourth-order valence-corrected chi connectivity index (χ4v) is 2.44. The highest BCUT2D eigenvalue weighted by atomic mass is 16.7. The fraction of sp³-hybridized carbons (Fsp3) is 1.00. The number of quaternary nitrogens is 1. The summed E-state index contributed by atoms with van der Waals surface area (Å²) < 4.78 is 44.8. The maximum absolute atomic E-state index is 5.88. The fourth-order valence-electron chi connectivity index (χ4n) is 2.44. The monoisotopic (exact) mass is 362 g/mol. The molecule has 0 spiro atoms. The molecule has 4 heterocycles. The minimum atomic E-state index is -0.136. The lowest BCUT2D eigenvalue weighted by Crippen LogP contribution is -2.55. The van der Waals surface area contributed by atoms with Gasteiger partial charge >= 0.3 is 0 Å². The van der Waals surface area contributed by atoms with E-state index in [0.29, 0.717) is 51.2 Å². The Bertz CT molecular complexity index is 363. The minimum Gasteiger partial charge on any atom is -0.371 e. The molecule has 9 heteroatoms. The summed E-state index contributed by atoms with van der Waals surface area (Å²) in [4.78, 5) is 0. The van der Waals surface area contributed by atoms with Crippen molar-refractivity contribution in [2.45, 2.75) is 31.0 Å². The van der Waals surface area contributed by atoms with E-state index in [-0.39, 0.29) is 24.6 Å². The molecular weight excluding hydrogens is 334 g/mol. The van der Waals surface area contributed by atoms with Crippen LogP contribution in [0.3, 0.4) is 0 Å². The van der Waals surface area contributed by atoms with Crippen molar-refractivity contribution in [3.05, 3.63) is 0 Å². The van der Waals surface area contributed by atoms with Crippen LogP contribution in [0, 0.1) is 0 Å². The van der Waals surface area contributed by atoms with Gasteiger partial charge in [0.2, 0.25) is 0 Å². The molecule has 0 aromatic heterocycles. The van der Waals surface area contributed by atoms with Crippen molar-refractivity contribution in [1.29, 1.82) is 0 Å². The maximum atomic E-state index is 5.88. The molecule has 4 aliphatic heterocycles. The van der Waals surface area contributed by atoms with Gasteiger partial charge < -0.3 is 37.9 Å². The second kappa shape index (κ2) is 8.55. The predicted molar refractivity (Wildman–Crippen MR) is 82.2 cm³/mol. The number of hydrogen-bond acceptors (Lipinski definition) is 8. The Hall–Kier alpha value is -0.360. The van der Waals surface area contributed by atoms with Crippen LogP contribution < -0.4 is 0 Å². The Morgan fingerprint density at radius 3 is 1.44 bits per heavy atom. The molecule has 4 aliphatic rings. The van der Waals surface area contributed by atoms with Crippen LogP contribution in [0.4, 0.5) is 0 Å². The summed E-state index contributed by atoms with van der Waals surface area (Å²) >= 11 is 0. The Morgan fingerprint density at radius 1 is 0.680 bits per heavy atom. The molecule has 4 atom stereocenters. The van der Waals surface area contributed by atoms with Gasteiger partial charge in [-0.05, 0) is 0 Å². The molecular formula is C16H28NO8+. The van der Waals surface area contributed by atoms with Gasteiger partial charge in [0.15, 0.2) is 33.2 Å². The van der Waals surface area contributed by atoms with E-state index < -0.39 is 0 Å². The van der Waals surface area contributed by atoms with Crippen molar-refractivity contribution in [1.82, 2.24) is 0 Å². The van der Waals surface area contributed by atoms with E-state index in [1.807, 2.05) is 0 Å². The van der Waals surface area contributed by atoms with Crippen molar-refractivity contribution in [3.8, 4) is 0 Å². The summed E-state index contributed by atoms with van der Waals surface area (Å²) in [5.74, 6) is 0. The third kappa shape index (κ3) is 6.38. The van der Waals surface area contributed by atoms with E-state index in [1.165, 1.54) is 0 Å². The molecule has 4 saturated heterocycles. The molecule has 9 nitrogen and oxygen atoms in total. The number of hydrogen-bond donors (Lipinski definition) is 0. The molecule has 0 amide bonds. The van der Waals surface area contributed by atoms with Gasteiger partial charge in [-0.25, -0.2) is 4.48 Å². The van der Waals surface area contributed by atoms with Gasteiger partial charge in [-0.2, -0.15) is 0 Å². The molecule has 4 rings (SSSR count). The van der Waals surface area contributed by atoms with Crippen LogP contribution in [-0.4, -0.2) is 102 Å². The zero-order chi connectivity index (χ0) is 17.0. The lowest BCUT2D eigenvalue weighted by atomic mass is 10.3. The van der Waals surface area contributed by atoms with E-state index in [2.05, 4.69) is 0 Å². The van der Waals surface area contributed by atoms with Gasteiger partial charge in [0.1, 0.15) is 18.3 Å². The molecule has 0 bridgehead atoms. The van der Waals surface area contributed by atoms with Crippen LogP contribution >= 0.6 is 0 Å². The third-order valence-corrected chi connectivity index (χ3v) is 4.41. The Kier molecular flexibility index (Phi) is 6.17. The first-order valence-electron chi connectivity index (χ1n) is 8.98. The number of rotatable bonds is 15. The summed E-state index contributed by atoms with van der Waals surface area (Å²) in [6.07, 6.45) is 1.45. The molecule has 0 aromatic rings. The maximum Gasteiger partial charge on any atom is 0.191 e. The first-order valence-corrected chi connectivity index (χ1v) is 8.98. The van der Waals surface area contributed by atoms with Gasteiger partial charge in [-0.1, -0.05) is 0 Å². The first-order chi connectivity index (χ1) is 12.3. The molecule has 0 aromatic carbocycles. The molecule has 25 heavy (non-hydrogen) atoms. The van der Waals surface area contributed by atoms with E-state index in [0.717, 1.165) is 32.8 Å². The average Bonchev–Trinajstić information content (AvgIpc) is 3.41. The third-order valence-electron chi connectivity index (χ3n) is 4.41. The van der Waals surface area contributed by atoms with Crippen molar-refractivity contribution in [3.63, 3.8) is 0 Å². The second-order valence-electron chi connectivity index (χ2n) is 7.09. The van der Waals surface area contributed by atoms with Crippen LogP contribution in [0.2, 0.25) is 0 Å². The zero-order valence-corrected chi connectivity index (χ0v) is 14.5. The Labute approximate surface area is 147 Å². The Morgan fingerprint density at radius 2 is 1.12 bits per heavy atom.